The average molecular weight is 302 g/mol. The van der Waals surface area contributed by atoms with E-state index < -0.39 is 25.9 Å². The third kappa shape index (κ3) is 5.43. The minimum Gasteiger partial charge on any atom is -0.436 e. The Morgan fingerprint density at radius 2 is 1.80 bits per heavy atom. The second-order valence-corrected chi connectivity index (χ2v) is 6.80. The zero-order valence-electron chi connectivity index (χ0n) is 11.4. The highest BCUT2D eigenvalue weighted by Crippen LogP contribution is 2.47. The van der Waals surface area contributed by atoms with E-state index in [-0.39, 0.29) is 12.6 Å². The number of hydrogen-bond acceptors (Lipinski definition) is 6. The lowest BCUT2D eigenvalue weighted by Crippen LogP contribution is -2.19. The molecular formula is C13H19O6P. The predicted molar refractivity (Wildman–Crippen MR) is 73.7 cm³/mol. The first-order valence-electron chi connectivity index (χ1n) is 6.22. The maximum Gasteiger partial charge on any atom is 0.308 e. The zero-order valence-corrected chi connectivity index (χ0v) is 12.3. The van der Waals surface area contributed by atoms with E-state index in [1.54, 1.807) is 30.3 Å². The standard InChI is InChI=1S/C13H19O6P/c1-10(14)18-13(16)8-9-20(17,19-11(2)15)12-6-4-3-5-7-12/h3-7,10-11,14-15H,8-9H2,1-2H3. The summed E-state index contributed by atoms with van der Waals surface area (Å²) in [5, 5.41) is 18.7. The van der Waals surface area contributed by atoms with E-state index in [0.717, 1.165) is 0 Å². The van der Waals surface area contributed by atoms with Crippen molar-refractivity contribution in [3.63, 3.8) is 0 Å². The molecule has 0 bridgehead atoms. The van der Waals surface area contributed by atoms with Gasteiger partial charge in [-0.25, -0.2) is 0 Å². The summed E-state index contributed by atoms with van der Waals surface area (Å²) in [5.41, 5.74) is 0. The Hall–Kier alpha value is -1.20. The Kier molecular flexibility index (Phi) is 6.36. The molecule has 20 heavy (non-hydrogen) atoms. The van der Waals surface area contributed by atoms with E-state index in [0.29, 0.717) is 5.30 Å². The first-order valence-corrected chi connectivity index (χ1v) is 8.03. The van der Waals surface area contributed by atoms with Crippen LogP contribution in [0.4, 0.5) is 0 Å². The van der Waals surface area contributed by atoms with Crippen molar-refractivity contribution in [2.75, 3.05) is 6.16 Å². The molecule has 3 atom stereocenters. The molecular weight excluding hydrogens is 283 g/mol. The second kappa shape index (κ2) is 7.55. The molecule has 0 aliphatic heterocycles. The highest BCUT2D eigenvalue weighted by molar-refractivity contribution is 7.67. The quantitative estimate of drug-likeness (QED) is 0.447. The summed E-state index contributed by atoms with van der Waals surface area (Å²) in [6, 6.07) is 8.38. The zero-order chi connectivity index (χ0) is 15.2. The number of aliphatic hydroxyl groups is 2. The first-order chi connectivity index (χ1) is 9.33. The van der Waals surface area contributed by atoms with Crippen molar-refractivity contribution in [3.05, 3.63) is 30.3 Å². The molecule has 3 unspecified atom stereocenters. The van der Waals surface area contributed by atoms with Crippen LogP contribution in [0.5, 0.6) is 0 Å². The van der Waals surface area contributed by atoms with E-state index in [1.807, 2.05) is 0 Å². The van der Waals surface area contributed by atoms with Crippen molar-refractivity contribution < 1.29 is 28.8 Å². The van der Waals surface area contributed by atoms with Crippen molar-refractivity contribution in [1.29, 1.82) is 0 Å². The fourth-order valence-electron chi connectivity index (χ4n) is 1.63. The summed E-state index contributed by atoms with van der Waals surface area (Å²) in [4.78, 5) is 11.4. The second-order valence-electron chi connectivity index (χ2n) is 4.28. The molecule has 6 nitrogen and oxygen atoms in total. The Balaban J connectivity index is 2.80. The van der Waals surface area contributed by atoms with Gasteiger partial charge in [0.2, 0.25) is 7.37 Å². The summed E-state index contributed by atoms with van der Waals surface area (Å²) < 4.78 is 22.4. The number of aliphatic hydroxyl groups excluding tert-OH is 2. The predicted octanol–water partition coefficient (Wildman–Crippen LogP) is 1.22. The molecule has 0 fully saturated rings. The van der Waals surface area contributed by atoms with E-state index in [1.165, 1.54) is 13.8 Å². The highest BCUT2D eigenvalue weighted by Gasteiger charge is 2.29. The molecule has 2 N–H and O–H groups in total. The van der Waals surface area contributed by atoms with Crippen molar-refractivity contribution in [3.8, 4) is 0 Å². The molecule has 0 aromatic heterocycles. The van der Waals surface area contributed by atoms with Gasteiger partial charge >= 0.3 is 5.97 Å². The van der Waals surface area contributed by atoms with E-state index in [9.17, 15) is 14.5 Å². The average Bonchev–Trinajstić information content (AvgIpc) is 2.36. The van der Waals surface area contributed by atoms with Gasteiger partial charge in [0.25, 0.3) is 0 Å². The first kappa shape index (κ1) is 16.9. The van der Waals surface area contributed by atoms with Gasteiger partial charge in [-0.05, 0) is 26.0 Å². The van der Waals surface area contributed by atoms with Crippen LogP contribution < -0.4 is 5.30 Å². The largest absolute Gasteiger partial charge is 0.436 e. The van der Waals surface area contributed by atoms with Gasteiger partial charge in [-0.3, -0.25) is 13.9 Å². The van der Waals surface area contributed by atoms with Crippen molar-refractivity contribution in [1.82, 2.24) is 0 Å². The van der Waals surface area contributed by atoms with Gasteiger partial charge in [0.05, 0.1) is 6.42 Å². The van der Waals surface area contributed by atoms with Gasteiger partial charge < -0.3 is 14.9 Å². The van der Waals surface area contributed by atoms with Gasteiger partial charge in [-0.2, -0.15) is 0 Å². The smallest absolute Gasteiger partial charge is 0.308 e. The summed E-state index contributed by atoms with van der Waals surface area (Å²) in [7, 11) is -3.36. The number of ether oxygens (including phenoxy) is 1. The SMILES string of the molecule is CC(O)OC(=O)CCP(=O)(OC(C)O)c1ccccc1. The third-order valence-corrected chi connectivity index (χ3v) is 4.93. The van der Waals surface area contributed by atoms with Crippen LogP contribution in [0.15, 0.2) is 30.3 Å². The Labute approximate surface area is 117 Å². The van der Waals surface area contributed by atoms with Gasteiger partial charge in [-0.15, -0.1) is 0 Å². The fraction of sp³-hybridized carbons (Fsp3) is 0.462. The molecule has 1 rings (SSSR count). The Morgan fingerprint density at radius 1 is 1.20 bits per heavy atom. The lowest BCUT2D eigenvalue weighted by Gasteiger charge is -2.20. The molecule has 0 spiro atoms. The molecule has 0 radical (unpaired) electrons. The Morgan fingerprint density at radius 3 is 2.30 bits per heavy atom. The van der Waals surface area contributed by atoms with E-state index >= 15 is 0 Å². The van der Waals surface area contributed by atoms with Gasteiger partial charge in [0.1, 0.15) is 0 Å². The van der Waals surface area contributed by atoms with E-state index in [4.69, 9.17) is 9.63 Å². The number of carbonyl (C=O) groups is 1. The molecule has 0 aliphatic carbocycles. The highest BCUT2D eigenvalue weighted by atomic mass is 31.2. The lowest BCUT2D eigenvalue weighted by molar-refractivity contribution is -0.164. The van der Waals surface area contributed by atoms with Crippen LogP contribution in [0.3, 0.4) is 0 Å². The molecule has 1 aromatic carbocycles. The molecule has 0 aliphatic rings. The van der Waals surface area contributed by atoms with Gasteiger partial charge in [0, 0.05) is 11.5 Å². The minimum atomic E-state index is -3.36. The number of esters is 1. The number of benzene rings is 1. The molecule has 0 saturated heterocycles. The van der Waals surface area contributed by atoms with Crippen molar-refractivity contribution in [2.24, 2.45) is 0 Å². The molecule has 7 heteroatoms. The number of carbonyl (C=O) groups excluding carboxylic acids is 1. The molecule has 0 amide bonds. The van der Waals surface area contributed by atoms with Crippen molar-refractivity contribution in [2.45, 2.75) is 32.8 Å². The van der Waals surface area contributed by atoms with Crippen LogP contribution in [0.25, 0.3) is 0 Å². The van der Waals surface area contributed by atoms with Crippen LogP contribution in [0, 0.1) is 0 Å². The van der Waals surface area contributed by atoms with Crippen LogP contribution in [0.2, 0.25) is 0 Å². The summed E-state index contributed by atoms with van der Waals surface area (Å²) >= 11 is 0. The summed E-state index contributed by atoms with van der Waals surface area (Å²) in [6.07, 6.45) is -2.71. The van der Waals surface area contributed by atoms with E-state index in [2.05, 4.69) is 4.74 Å². The maximum absolute atomic E-state index is 12.8. The molecule has 0 heterocycles. The topological polar surface area (TPSA) is 93.1 Å². The van der Waals surface area contributed by atoms with Crippen LogP contribution in [-0.2, 0) is 18.6 Å². The van der Waals surface area contributed by atoms with Gasteiger partial charge in [0.15, 0.2) is 12.6 Å². The normalized spacial score (nSPS) is 17.0. The van der Waals surface area contributed by atoms with Crippen molar-refractivity contribution >= 4 is 18.6 Å². The Bertz CT molecular complexity index is 471. The lowest BCUT2D eigenvalue weighted by atomic mass is 10.4. The van der Waals surface area contributed by atoms with Crippen LogP contribution in [-0.4, -0.2) is 34.9 Å². The minimum absolute atomic E-state index is 0.104. The third-order valence-electron chi connectivity index (χ3n) is 2.38. The molecule has 0 saturated carbocycles. The summed E-state index contributed by atoms with van der Waals surface area (Å²) in [6.45, 7) is 2.66. The number of rotatable bonds is 7. The monoisotopic (exact) mass is 302 g/mol. The number of hydrogen-bond donors (Lipinski definition) is 2. The fourth-order valence-corrected chi connectivity index (χ4v) is 3.71. The molecule has 1 aromatic rings. The summed E-state index contributed by atoms with van der Waals surface area (Å²) in [5.74, 6) is -0.676. The van der Waals surface area contributed by atoms with Crippen LogP contribution in [0.1, 0.15) is 20.3 Å². The van der Waals surface area contributed by atoms with Gasteiger partial charge in [-0.1, -0.05) is 18.2 Å². The van der Waals surface area contributed by atoms with Crippen LogP contribution >= 0.6 is 7.37 Å². The molecule has 112 valence electrons. The maximum atomic E-state index is 12.8.